The number of aromatic amines is 2. The third kappa shape index (κ3) is 10.1. The molecule has 9 heterocycles. The summed E-state index contributed by atoms with van der Waals surface area (Å²) in [5, 5.41) is 47.0. The number of hydrogen-bond donors (Lipinski definition) is 8. The molecular weight excluding hydrogens is 1360 g/mol. The van der Waals surface area contributed by atoms with Crippen molar-refractivity contribution in [3.63, 3.8) is 0 Å². The van der Waals surface area contributed by atoms with E-state index in [9.17, 15) is 61.6 Å². The first-order valence-electron chi connectivity index (χ1n) is 32.1. The molecule has 103 heavy (non-hydrogen) atoms. The number of rotatable bonds is 13. The average Bonchev–Trinajstić information content (AvgIpc) is 1.53. The average molecular weight is 1420 g/mol. The van der Waals surface area contributed by atoms with Gasteiger partial charge in [0.05, 0.1) is 75.2 Å². The minimum absolute atomic E-state index is 0.0109. The van der Waals surface area contributed by atoms with Crippen LogP contribution >= 0.6 is 0 Å². The van der Waals surface area contributed by atoms with E-state index in [-0.39, 0.29) is 136 Å². The summed E-state index contributed by atoms with van der Waals surface area (Å²) in [5.41, 5.74) is 1.77. The number of amides is 4. The Morgan fingerprint density at radius 2 is 0.854 bits per heavy atom. The lowest BCUT2D eigenvalue weighted by Crippen LogP contribution is -2.65. The van der Waals surface area contributed by atoms with E-state index in [0.717, 1.165) is 76.9 Å². The van der Waals surface area contributed by atoms with Gasteiger partial charge in [0.15, 0.2) is 59.0 Å². The van der Waals surface area contributed by atoms with Gasteiger partial charge in [0.25, 0.3) is 23.6 Å². The van der Waals surface area contributed by atoms with Crippen LogP contribution in [0.4, 0.5) is 35.1 Å². The van der Waals surface area contributed by atoms with Gasteiger partial charge in [-0.1, -0.05) is 91.0 Å². The maximum atomic E-state index is 15.7. The molecule has 5 aliphatic rings. The number of epoxide rings is 1. The van der Waals surface area contributed by atoms with E-state index in [1.165, 1.54) is 0 Å². The summed E-state index contributed by atoms with van der Waals surface area (Å²) in [7, 11) is 1.05. The highest BCUT2D eigenvalue weighted by atomic mass is 19.2. The van der Waals surface area contributed by atoms with Crippen LogP contribution in [0.25, 0.3) is 87.2 Å². The lowest BCUT2D eigenvalue weighted by Gasteiger charge is -2.47. The van der Waals surface area contributed by atoms with E-state index in [1.807, 2.05) is 91.0 Å². The fourth-order valence-corrected chi connectivity index (χ4v) is 15.1. The van der Waals surface area contributed by atoms with Crippen LogP contribution in [0.1, 0.15) is 70.6 Å². The van der Waals surface area contributed by atoms with Gasteiger partial charge in [-0.3, -0.25) is 29.8 Å². The first kappa shape index (κ1) is 65.7. The number of aromatic nitrogens is 4. The van der Waals surface area contributed by atoms with E-state index in [0.29, 0.717) is 0 Å². The summed E-state index contributed by atoms with van der Waals surface area (Å²) in [6.07, 6.45) is -12.1. The number of benzene rings is 9. The number of H-pyrrole nitrogens is 2. The molecular formula is C74H52F8N6O15. The van der Waals surface area contributed by atoms with Crippen molar-refractivity contribution >= 4 is 111 Å². The van der Waals surface area contributed by atoms with Crippen LogP contribution in [0.5, 0.6) is 0 Å². The summed E-state index contributed by atoms with van der Waals surface area (Å²) < 4.78 is 166. The number of aliphatic hydroxyl groups excluding tert-OH is 4. The fraction of sp³-hybridized carbons (Fsp3) is 0.216. The first-order valence-corrected chi connectivity index (χ1v) is 32.1. The van der Waals surface area contributed by atoms with Gasteiger partial charge in [0, 0.05) is 85.5 Å². The number of ether oxygens (including phenoxy) is 7. The maximum Gasteiger partial charge on any atom is 0.259 e. The topological polar surface area (TPSA) is 283 Å². The van der Waals surface area contributed by atoms with Crippen LogP contribution in [0, 0.1) is 46.5 Å². The molecule has 21 nitrogen and oxygen atoms in total. The molecule has 10 atom stereocenters. The smallest absolute Gasteiger partial charge is 0.259 e. The number of nitrogens with one attached hydrogen (secondary N) is 4. The first-order chi connectivity index (χ1) is 49.6. The highest BCUT2D eigenvalue weighted by molar-refractivity contribution is 6.41. The van der Waals surface area contributed by atoms with Crippen LogP contribution in [0.3, 0.4) is 0 Å². The van der Waals surface area contributed by atoms with Crippen molar-refractivity contribution in [2.45, 2.75) is 80.5 Å². The molecule has 13 aromatic rings. The van der Waals surface area contributed by atoms with Crippen LogP contribution in [0.2, 0.25) is 0 Å². The van der Waals surface area contributed by atoms with Crippen molar-refractivity contribution < 1.29 is 108 Å². The minimum Gasteiger partial charge on any atom is -0.391 e. The van der Waals surface area contributed by atoms with Crippen molar-refractivity contribution in [2.75, 3.05) is 20.3 Å². The number of nitrogens with zero attached hydrogens (tertiary/aromatic N) is 2. The highest BCUT2D eigenvalue weighted by Crippen LogP contribution is 2.54. The SMILES string of the molecule is COC1(CO)OC(n2c3cc(F)c(F)cc3c3c4c(c5c6cc(F)c(F)cc6[nH]c5c32)C(=O)NC4=O)C(O)C(O)C1O.O=C1NC(=O)c2c1c1c3cc(F)c(F)cc3[nH]c1c1c2c2cc(F)c(F)cc2n1C1OC2(CO2)C(OCc2ccccc2)C(OCc2ccccc2)C1OCc1ccccc1. The number of carbonyl (C=O) groups excluding carboxylic acids is 4. The van der Waals surface area contributed by atoms with Crippen molar-refractivity contribution in [1.29, 1.82) is 0 Å². The summed E-state index contributed by atoms with van der Waals surface area (Å²) >= 11 is 0. The Hall–Kier alpha value is -10.5. The second-order valence-electron chi connectivity index (χ2n) is 25.7. The van der Waals surface area contributed by atoms with E-state index < -0.39 is 137 Å². The predicted molar refractivity (Wildman–Crippen MR) is 350 cm³/mol. The van der Waals surface area contributed by atoms with E-state index in [4.69, 9.17) is 33.2 Å². The largest absolute Gasteiger partial charge is 0.391 e. The standard InChI is InChI=1S/C47H33F4N3O7.C27H19F4N3O8/c48-29-16-27-33(18-31(29)50)52-39-35(27)37-38(45(56)53-44(37)55)36-28-17-30(49)32(51)19-34(28)54(40(36)39)46-42(58-21-25-12-6-2-7-13-25)41(57-20-24-10-4-1-5-11-24)43(47(61-46)23-60-47)59-22-26-14-8-3-9-15-26;1-41-27(6-35)23(38)21(36)22(37)26(42-27)34-14-5-12(31)10(29)3-8(14)16-18-17(24(39)33-25(18)40)15-7-2-9(28)11(30)4-13(7)32-19(15)20(16)34/h1-19,41-43,46,52H,20-23H2,(H,53,55,56);2-5,21-23,26,32,35-38H,6H2,1H3,(H,33,39,40). The molecule has 524 valence electrons. The number of methoxy groups -OCH3 is 1. The van der Waals surface area contributed by atoms with Crippen LogP contribution in [-0.2, 0) is 53.0 Å². The molecule has 9 aromatic carbocycles. The Morgan fingerprint density at radius 3 is 1.27 bits per heavy atom. The quantitative estimate of drug-likeness (QED) is 0.0303. The van der Waals surface area contributed by atoms with Crippen LogP contribution in [-0.4, -0.2) is 132 Å². The molecule has 0 aliphatic carbocycles. The van der Waals surface area contributed by atoms with Gasteiger partial charge in [-0.2, -0.15) is 0 Å². The van der Waals surface area contributed by atoms with Gasteiger partial charge in [0.1, 0.15) is 49.8 Å². The maximum absolute atomic E-state index is 15.7. The molecule has 3 fully saturated rings. The van der Waals surface area contributed by atoms with Crippen LogP contribution < -0.4 is 10.6 Å². The summed E-state index contributed by atoms with van der Waals surface area (Å²) in [6, 6.07) is 35.3. The van der Waals surface area contributed by atoms with Gasteiger partial charge in [0.2, 0.25) is 11.6 Å². The lowest BCUT2D eigenvalue weighted by molar-refractivity contribution is -0.376. The van der Waals surface area contributed by atoms with E-state index in [1.54, 1.807) is 4.57 Å². The third-order valence-electron chi connectivity index (χ3n) is 19.8. The Labute approximate surface area is 572 Å². The van der Waals surface area contributed by atoms with Crippen molar-refractivity contribution in [2.24, 2.45) is 0 Å². The molecule has 18 rings (SSSR count). The number of fused-ring (bicyclic) bond motifs is 20. The van der Waals surface area contributed by atoms with E-state index in [2.05, 4.69) is 20.6 Å². The van der Waals surface area contributed by atoms with Crippen molar-refractivity contribution in [3.8, 4) is 0 Å². The van der Waals surface area contributed by atoms with Gasteiger partial charge >= 0.3 is 0 Å². The molecule has 0 bridgehead atoms. The highest BCUT2D eigenvalue weighted by Gasteiger charge is 2.66. The number of aliphatic hydroxyl groups is 4. The molecule has 0 saturated carbocycles. The zero-order valence-corrected chi connectivity index (χ0v) is 53.1. The normalized spacial score (nSPS) is 23.9. The summed E-state index contributed by atoms with van der Waals surface area (Å²) in [5.74, 6) is -17.1. The van der Waals surface area contributed by atoms with Gasteiger partial charge in [-0.05, 0) is 41.0 Å². The minimum atomic E-state index is -2.32. The molecule has 10 unspecified atom stereocenters. The second-order valence-corrected chi connectivity index (χ2v) is 25.7. The number of imide groups is 2. The summed E-state index contributed by atoms with van der Waals surface area (Å²) in [6.45, 7) is -0.664. The molecule has 5 aliphatic heterocycles. The second kappa shape index (κ2) is 24.3. The van der Waals surface area contributed by atoms with Gasteiger partial charge in [-0.15, -0.1) is 0 Å². The van der Waals surface area contributed by atoms with Crippen molar-refractivity contribution in [3.05, 3.63) is 225 Å². The Balaban J connectivity index is 0.000000164. The third-order valence-corrected chi connectivity index (χ3v) is 19.8. The van der Waals surface area contributed by atoms with Gasteiger partial charge in [-0.25, -0.2) is 35.1 Å². The van der Waals surface area contributed by atoms with Crippen molar-refractivity contribution in [1.82, 2.24) is 29.7 Å². The molecule has 0 radical (unpaired) electrons. The molecule has 4 amide bonds. The van der Waals surface area contributed by atoms with Crippen LogP contribution in [0.15, 0.2) is 140 Å². The molecule has 3 saturated heterocycles. The Morgan fingerprint density at radius 1 is 0.476 bits per heavy atom. The Bertz CT molecular complexity index is 5790. The van der Waals surface area contributed by atoms with Gasteiger partial charge < -0.3 is 72.7 Å². The molecule has 29 heteroatoms. The fourth-order valence-electron chi connectivity index (χ4n) is 15.1. The Kier molecular flexibility index (Phi) is 15.5. The number of hydrogen-bond acceptors (Lipinski definition) is 15. The molecule has 1 spiro atoms. The lowest BCUT2D eigenvalue weighted by atomic mass is 9.94. The number of halogens is 8. The molecule has 8 N–H and O–H groups in total. The zero-order chi connectivity index (χ0) is 71.6. The monoisotopic (exact) mass is 1420 g/mol. The number of carbonyl (C=O) groups is 4. The molecule has 4 aromatic heterocycles. The summed E-state index contributed by atoms with van der Waals surface area (Å²) in [4.78, 5) is 59.8. The van der Waals surface area contributed by atoms with E-state index >= 15 is 13.2 Å². The zero-order valence-electron chi connectivity index (χ0n) is 53.1. The predicted octanol–water partition coefficient (Wildman–Crippen LogP) is 10.7.